The molecular weight excluding hydrogens is 250 g/mol. The highest BCUT2D eigenvalue weighted by molar-refractivity contribution is 6.32. The Morgan fingerprint density at radius 3 is 2.67 bits per heavy atom. The van der Waals surface area contributed by atoms with Gasteiger partial charge in [-0.25, -0.2) is 4.98 Å². The SMILES string of the molecule is CN1CC2CCC(C1)N2C(=O)c1cccnc1Cl. The number of likely N-dealkylation sites (tertiary alicyclic amines) is 1. The van der Waals surface area contributed by atoms with Crippen molar-refractivity contribution in [2.45, 2.75) is 24.9 Å². The van der Waals surface area contributed by atoms with Crippen LogP contribution in [-0.2, 0) is 0 Å². The molecule has 1 aromatic heterocycles. The van der Waals surface area contributed by atoms with Gasteiger partial charge in [-0.1, -0.05) is 11.6 Å². The molecule has 0 aromatic carbocycles. The highest BCUT2D eigenvalue weighted by Crippen LogP contribution is 2.31. The molecule has 2 bridgehead atoms. The summed E-state index contributed by atoms with van der Waals surface area (Å²) in [5.41, 5.74) is 0.528. The Hall–Kier alpha value is -1.13. The lowest BCUT2D eigenvalue weighted by atomic mass is 10.1. The first-order chi connectivity index (χ1) is 8.66. The fraction of sp³-hybridized carbons (Fsp3) is 0.538. The third-order valence-corrected chi connectivity index (χ3v) is 4.19. The second kappa shape index (κ2) is 4.52. The predicted molar refractivity (Wildman–Crippen MR) is 69.7 cm³/mol. The number of hydrogen-bond acceptors (Lipinski definition) is 3. The van der Waals surface area contributed by atoms with Crippen molar-refractivity contribution < 1.29 is 4.79 Å². The van der Waals surface area contributed by atoms with Crippen LogP contribution in [0.1, 0.15) is 23.2 Å². The molecule has 2 atom stereocenters. The molecule has 2 saturated heterocycles. The summed E-state index contributed by atoms with van der Waals surface area (Å²) in [6.45, 7) is 1.92. The minimum Gasteiger partial charge on any atom is -0.330 e. The number of carbonyl (C=O) groups excluding carboxylic acids is 1. The summed E-state index contributed by atoms with van der Waals surface area (Å²) in [7, 11) is 2.12. The molecule has 2 aliphatic rings. The van der Waals surface area contributed by atoms with E-state index in [1.54, 1.807) is 18.3 Å². The van der Waals surface area contributed by atoms with Crippen LogP contribution < -0.4 is 0 Å². The number of nitrogens with zero attached hydrogens (tertiary/aromatic N) is 3. The van der Waals surface area contributed by atoms with Crippen molar-refractivity contribution in [1.82, 2.24) is 14.8 Å². The van der Waals surface area contributed by atoms with Gasteiger partial charge in [0.05, 0.1) is 5.56 Å². The Morgan fingerprint density at radius 2 is 2.06 bits per heavy atom. The lowest BCUT2D eigenvalue weighted by molar-refractivity contribution is 0.0472. The van der Waals surface area contributed by atoms with E-state index in [-0.39, 0.29) is 5.91 Å². The molecule has 1 aromatic rings. The van der Waals surface area contributed by atoms with Crippen LogP contribution in [0.15, 0.2) is 18.3 Å². The number of piperazine rings is 1. The van der Waals surface area contributed by atoms with Crippen LogP contribution in [-0.4, -0.2) is 52.9 Å². The molecule has 0 N–H and O–H groups in total. The van der Waals surface area contributed by atoms with E-state index in [9.17, 15) is 4.79 Å². The van der Waals surface area contributed by atoms with E-state index in [0.717, 1.165) is 25.9 Å². The molecule has 4 nitrogen and oxygen atoms in total. The van der Waals surface area contributed by atoms with Gasteiger partial charge in [-0.2, -0.15) is 0 Å². The van der Waals surface area contributed by atoms with E-state index < -0.39 is 0 Å². The van der Waals surface area contributed by atoms with Gasteiger partial charge in [0.1, 0.15) is 5.15 Å². The van der Waals surface area contributed by atoms with E-state index in [2.05, 4.69) is 16.9 Å². The minimum atomic E-state index is 0.0358. The zero-order valence-electron chi connectivity index (χ0n) is 10.3. The van der Waals surface area contributed by atoms with Gasteiger partial charge >= 0.3 is 0 Å². The molecule has 1 amide bonds. The molecular formula is C13H16ClN3O. The number of amides is 1. The zero-order valence-corrected chi connectivity index (χ0v) is 11.1. The molecule has 2 unspecified atom stereocenters. The molecule has 5 heteroatoms. The number of carbonyl (C=O) groups is 1. The summed E-state index contributed by atoms with van der Waals surface area (Å²) in [6.07, 6.45) is 3.80. The average Bonchev–Trinajstić information content (AvgIpc) is 2.61. The number of rotatable bonds is 1. The highest BCUT2D eigenvalue weighted by atomic mass is 35.5. The monoisotopic (exact) mass is 265 g/mol. The van der Waals surface area contributed by atoms with Crippen molar-refractivity contribution in [3.8, 4) is 0 Å². The van der Waals surface area contributed by atoms with Crippen LogP contribution in [0.3, 0.4) is 0 Å². The minimum absolute atomic E-state index is 0.0358. The van der Waals surface area contributed by atoms with Gasteiger partial charge in [-0.15, -0.1) is 0 Å². The Labute approximate surface area is 112 Å². The molecule has 3 heterocycles. The third-order valence-electron chi connectivity index (χ3n) is 3.89. The zero-order chi connectivity index (χ0) is 12.7. The Bertz CT molecular complexity index is 465. The van der Waals surface area contributed by atoms with Crippen LogP contribution in [0.5, 0.6) is 0 Å². The number of hydrogen-bond donors (Lipinski definition) is 0. The summed E-state index contributed by atoms with van der Waals surface area (Å²) in [5.74, 6) is 0.0358. The van der Waals surface area contributed by atoms with Crippen molar-refractivity contribution in [3.63, 3.8) is 0 Å². The van der Waals surface area contributed by atoms with Crippen molar-refractivity contribution >= 4 is 17.5 Å². The third kappa shape index (κ3) is 1.89. The molecule has 0 saturated carbocycles. The summed E-state index contributed by atoms with van der Waals surface area (Å²) in [4.78, 5) is 20.9. The Morgan fingerprint density at radius 1 is 1.39 bits per heavy atom. The van der Waals surface area contributed by atoms with Gasteiger partial charge in [-0.3, -0.25) is 4.79 Å². The van der Waals surface area contributed by atoms with Crippen LogP contribution in [0.25, 0.3) is 0 Å². The van der Waals surface area contributed by atoms with E-state index in [1.165, 1.54) is 0 Å². The first-order valence-electron chi connectivity index (χ1n) is 6.28. The molecule has 0 radical (unpaired) electrons. The maximum Gasteiger partial charge on any atom is 0.257 e. The summed E-state index contributed by atoms with van der Waals surface area (Å²) < 4.78 is 0. The maximum absolute atomic E-state index is 12.6. The Balaban J connectivity index is 1.88. The molecule has 2 fully saturated rings. The summed E-state index contributed by atoms with van der Waals surface area (Å²) in [5, 5.41) is 0.306. The predicted octanol–water partition coefficient (Wildman–Crippen LogP) is 1.65. The number of aromatic nitrogens is 1. The van der Waals surface area contributed by atoms with E-state index in [0.29, 0.717) is 22.8 Å². The number of halogens is 1. The van der Waals surface area contributed by atoms with Gasteiger partial charge in [0.15, 0.2) is 0 Å². The van der Waals surface area contributed by atoms with Crippen molar-refractivity contribution in [1.29, 1.82) is 0 Å². The normalized spacial score (nSPS) is 27.6. The van der Waals surface area contributed by atoms with Gasteiger partial charge in [0, 0.05) is 31.4 Å². The van der Waals surface area contributed by atoms with Crippen LogP contribution in [0, 0.1) is 0 Å². The summed E-state index contributed by atoms with van der Waals surface area (Å²) in [6, 6.07) is 4.18. The molecule has 0 spiro atoms. The molecule has 2 aliphatic heterocycles. The lowest BCUT2D eigenvalue weighted by Gasteiger charge is -2.39. The fourth-order valence-corrected chi connectivity index (χ4v) is 3.33. The van der Waals surface area contributed by atoms with Gasteiger partial charge < -0.3 is 9.80 Å². The quantitative estimate of drug-likeness (QED) is 0.725. The number of fused-ring (bicyclic) bond motifs is 2. The molecule has 18 heavy (non-hydrogen) atoms. The van der Waals surface area contributed by atoms with Gasteiger partial charge in [0.25, 0.3) is 5.91 Å². The summed E-state index contributed by atoms with van der Waals surface area (Å²) >= 11 is 6.01. The lowest BCUT2D eigenvalue weighted by Crippen LogP contribution is -2.54. The van der Waals surface area contributed by atoms with Crippen molar-refractivity contribution in [2.75, 3.05) is 20.1 Å². The largest absolute Gasteiger partial charge is 0.330 e. The van der Waals surface area contributed by atoms with E-state index in [1.807, 2.05) is 4.90 Å². The standard InChI is InChI=1S/C13H16ClN3O/c1-16-7-9-4-5-10(8-16)17(9)13(18)11-3-2-6-15-12(11)14/h2-3,6,9-10H,4-5,7-8H2,1H3. The first-order valence-corrected chi connectivity index (χ1v) is 6.66. The molecule has 0 aliphatic carbocycles. The van der Waals surface area contributed by atoms with Crippen molar-refractivity contribution in [3.05, 3.63) is 29.0 Å². The molecule has 3 rings (SSSR count). The van der Waals surface area contributed by atoms with Crippen LogP contribution >= 0.6 is 11.6 Å². The van der Waals surface area contributed by atoms with E-state index >= 15 is 0 Å². The van der Waals surface area contributed by atoms with Crippen LogP contribution in [0.4, 0.5) is 0 Å². The highest BCUT2D eigenvalue weighted by Gasteiger charge is 2.42. The van der Waals surface area contributed by atoms with Crippen LogP contribution in [0.2, 0.25) is 5.15 Å². The van der Waals surface area contributed by atoms with E-state index in [4.69, 9.17) is 11.6 Å². The maximum atomic E-state index is 12.6. The number of likely N-dealkylation sites (N-methyl/N-ethyl adjacent to an activating group) is 1. The fourth-order valence-electron chi connectivity index (χ4n) is 3.13. The second-order valence-electron chi connectivity index (χ2n) is 5.16. The van der Waals surface area contributed by atoms with Gasteiger partial charge in [-0.05, 0) is 32.0 Å². The smallest absolute Gasteiger partial charge is 0.257 e. The van der Waals surface area contributed by atoms with Gasteiger partial charge in [0.2, 0.25) is 0 Å². The first kappa shape index (κ1) is 11.9. The topological polar surface area (TPSA) is 36.4 Å². The molecule has 96 valence electrons. The second-order valence-corrected chi connectivity index (χ2v) is 5.52. The average molecular weight is 266 g/mol. The number of pyridine rings is 1. The van der Waals surface area contributed by atoms with Crippen molar-refractivity contribution in [2.24, 2.45) is 0 Å². The Kier molecular flexibility index (Phi) is 2.99.